The van der Waals surface area contributed by atoms with Crippen LogP contribution in [0.2, 0.25) is 0 Å². The molecule has 0 bridgehead atoms. The maximum Gasteiger partial charge on any atom is 0.243 e. The van der Waals surface area contributed by atoms with Gasteiger partial charge >= 0.3 is 0 Å². The standard InChI is InChI=1S/C20H29FN4O.HI/c1-25(2)18(26)13-22-19(24-17-8-3-4-9-17)23-14-20(10-11-20)15-6-5-7-16(21)12-15;/h5-7,12,17H,3-4,8-11,13-14H2,1-2H3,(H2,22,23,24);1H. The number of nitrogens with one attached hydrogen (secondary N) is 2. The van der Waals surface area contributed by atoms with Gasteiger partial charge in [-0.15, -0.1) is 24.0 Å². The van der Waals surface area contributed by atoms with Crippen LogP contribution in [0.15, 0.2) is 29.3 Å². The number of carbonyl (C=O) groups excluding carboxylic acids is 1. The number of nitrogens with zero attached hydrogens (tertiary/aromatic N) is 2. The van der Waals surface area contributed by atoms with Crippen molar-refractivity contribution in [3.8, 4) is 0 Å². The van der Waals surface area contributed by atoms with Gasteiger partial charge in [0.15, 0.2) is 5.96 Å². The second kappa shape index (κ2) is 9.71. The molecule has 2 fully saturated rings. The lowest BCUT2D eigenvalue weighted by Crippen LogP contribution is -2.45. The highest BCUT2D eigenvalue weighted by molar-refractivity contribution is 14.0. The zero-order chi connectivity index (χ0) is 18.6. The van der Waals surface area contributed by atoms with E-state index in [0.717, 1.165) is 31.2 Å². The Bertz CT molecular complexity index is 670. The van der Waals surface area contributed by atoms with E-state index in [2.05, 4.69) is 15.6 Å². The van der Waals surface area contributed by atoms with Crippen LogP contribution in [0, 0.1) is 5.82 Å². The first-order valence-corrected chi connectivity index (χ1v) is 9.50. The van der Waals surface area contributed by atoms with Gasteiger partial charge in [-0.05, 0) is 43.4 Å². The van der Waals surface area contributed by atoms with Gasteiger partial charge in [-0.2, -0.15) is 0 Å². The van der Waals surface area contributed by atoms with Crippen LogP contribution in [0.25, 0.3) is 0 Å². The number of guanidine groups is 1. The molecule has 2 aliphatic rings. The smallest absolute Gasteiger partial charge is 0.243 e. The van der Waals surface area contributed by atoms with Gasteiger partial charge < -0.3 is 15.5 Å². The molecule has 0 saturated heterocycles. The summed E-state index contributed by atoms with van der Waals surface area (Å²) in [5, 5.41) is 6.87. The molecule has 0 heterocycles. The van der Waals surface area contributed by atoms with E-state index in [4.69, 9.17) is 0 Å². The number of amides is 1. The maximum atomic E-state index is 13.6. The molecule has 27 heavy (non-hydrogen) atoms. The van der Waals surface area contributed by atoms with E-state index < -0.39 is 0 Å². The van der Waals surface area contributed by atoms with Gasteiger partial charge in [0.2, 0.25) is 5.91 Å². The highest BCUT2D eigenvalue weighted by Gasteiger charge is 2.44. The third kappa shape index (κ3) is 6.05. The molecule has 0 radical (unpaired) electrons. The first kappa shape index (κ1) is 21.9. The molecule has 0 unspecified atom stereocenters. The Kier molecular flexibility index (Phi) is 7.88. The van der Waals surface area contributed by atoms with Crippen molar-refractivity contribution in [2.24, 2.45) is 4.99 Å². The Morgan fingerprint density at radius 1 is 1.30 bits per heavy atom. The van der Waals surface area contributed by atoms with Crippen molar-refractivity contribution in [1.82, 2.24) is 15.5 Å². The number of hydrogen-bond donors (Lipinski definition) is 2. The molecule has 2 aliphatic carbocycles. The average molecular weight is 488 g/mol. The van der Waals surface area contributed by atoms with Crippen molar-refractivity contribution in [2.75, 3.05) is 27.2 Å². The monoisotopic (exact) mass is 488 g/mol. The van der Waals surface area contributed by atoms with Crippen molar-refractivity contribution in [3.63, 3.8) is 0 Å². The Labute approximate surface area is 178 Å². The topological polar surface area (TPSA) is 56.7 Å². The predicted molar refractivity (Wildman–Crippen MR) is 117 cm³/mol. The summed E-state index contributed by atoms with van der Waals surface area (Å²) in [7, 11) is 3.47. The van der Waals surface area contributed by atoms with Crippen molar-refractivity contribution >= 4 is 35.8 Å². The largest absolute Gasteiger partial charge is 0.355 e. The van der Waals surface area contributed by atoms with E-state index >= 15 is 0 Å². The molecule has 5 nitrogen and oxygen atoms in total. The van der Waals surface area contributed by atoms with Gasteiger partial charge in [-0.1, -0.05) is 25.0 Å². The lowest BCUT2D eigenvalue weighted by molar-refractivity contribution is -0.127. The zero-order valence-electron chi connectivity index (χ0n) is 16.1. The van der Waals surface area contributed by atoms with Gasteiger partial charge in [-0.3, -0.25) is 4.79 Å². The van der Waals surface area contributed by atoms with Crippen molar-refractivity contribution in [3.05, 3.63) is 35.6 Å². The number of likely N-dealkylation sites (N-methyl/N-ethyl adjacent to an activating group) is 1. The van der Waals surface area contributed by atoms with Crippen LogP contribution < -0.4 is 10.6 Å². The van der Waals surface area contributed by atoms with Gasteiger partial charge in [0.1, 0.15) is 12.4 Å². The zero-order valence-corrected chi connectivity index (χ0v) is 18.5. The molecule has 1 aromatic carbocycles. The summed E-state index contributed by atoms with van der Waals surface area (Å²) in [6.45, 7) is 0.827. The number of rotatable bonds is 6. The Morgan fingerprint density at radius 3 is 2.59 bits per heavy atom. The maximum absolute atomic E-state index is 13.6. The van der Waals surface area contributed by atoms with Crippen LogP contribution in [0.1, 0.15) is 44.1 Å². The summed E-state index contributed by atoms with van der Waals surface area (Å²) >= 11 is 0. The van der Waals surface area contributed by atoms with E-state index in [9.17, 15) is 9.18 Å². The Balaban J connectivity index is 0.00000261. The van der Waals surface area contributed by atoms with Crippen molar-refractivity contribution in [2.45, 2.75) is 50.0 Å². The minimum absolute atomic E-state index is 0. The number of halogens is 2. The van der Waals surface area contributed by atoms with Crippen LogP contribution in [0.3, 0.4) is 0 Å². The molecule has 0 aliphatic heterocycles. The highest BCUT2D eigenvalue weighted by atomic mass is 127. The summed E-state index contributed by atoms with van der Waals surface area (Å²) in [5.41, 5.74) is 1.01. The first-order valence-electron chi connectivity index (χ1n) is 9.50. The number of carbonyl (C=O) groups is 1. The van der Waals surface area contributed by atoms with Gasteiger partial charge in [0, 0.05) is 32.1 Å². The van der Waals surface area contributed by atoms with Crippen LogP contribution in [-0.4, -0.2) is 50.0 Å². The molecule has 0 aromatic heterocycles. The Hall–Kier alpha value is -1.38. The normalized spacial score (nSPS) is 18.6. The second-order valence-electron chi connectivity index (χ2n) is 7.72. The van der Waals surface area contributed by atoms with Gasteiger partial charge in [0.05, 0.1) is 0 Å². The minimum Gasteiger partial charge on any atom is -0.355 e. The predicted octanol–water partition coefficient (Wildman–Crippen LogP) is 3.04. The molecule has 150 valence electrons. The van der Waals surface area contributed by atoms with E-state index in [1.54, 1.807) is 31.1 Å². The summed E-state index contributed by atoms with van der Waals surface area (Å²) in [4.78, 5) is 17.9. The number of benzene rings is 1. The van der Waals surface area contributed by atoms with E-state index in [1.165, 1.54) is 18.9 Å². The van der Waals surface area contributed by atoms with Crippen LogP contribution >= 0.6 is 24.0 Å². The Morgan fingerprint density at radius 2 is 2.00 bits per heavy atom. The third-order valence-corrected chi connectivity index (χ3v) is 5.45. The highest BCUT2D eigenvalue weighted by Crippen LogP contribution is 2.47. The molecule has 2 saturated carbocycles. The average Bonchev–Trinajstić information content (AvgIpc) is 3.24. The molecular weight excluding hydrogens is 458 g/mol. The van der Waals surface area contributed by atoms with Crippen LogP contribution in [0.5, 0.6) is 0 Å². The van der Waals surface area contributed by atoms with Crippen molar-refractivity contribution in [1.29, 1.82) is 0 Å². The molecule has 2 N–H and O–H groups in total. The number of aliphatic imine (C=N–C) groups is 1. The molecule has 1 aromatic rings. The quantitative estimate of drug-likeness (QED) is 0.368. The summed E-state index contributed by atoms with van der Waals surface area (Å²) in [6.07, 6.45) is 6.81. The lowest BCUT2D eigenvalue weighted by atomic mass is 9.96. The third-order valence-electron chi connectivity index (χ3n) is 5.45. The second-order valence-corrected chi connectivity index (χ2v) is 7.72. The van der Waals surface area contributed by atoms with Crippen LogP contribution in [-0.2, 0) is 10.2 Å². The molecule has 3 rings (SSSR count). The van der Waals surface area contributed by atoms with E-state index in [0.29, 0.717) is 18.5 Å². The molecule has 0 atom stereocenters. The van der Waals surface area contributed by atoms with Gasteiger partial charge in [0.25, 0.3) is 0 Å². The van der Waals surface area contributed by atoms with Gasteiger partial charge in [-0.25, -0.2) is 9.38 Å². The van der Waals surface area contributed by atoms with Crippen LogP contribution in [0.4, 0.5) is 4.39 Å². The minimum atomic E-state index is -0.191. The van der Waals surface area contributed by atoms with E-state index in [-0.39, 0.29) is 47.7 Å². The fourth-order valence-corrected chi connectivity index (χ4v) is 3.49. The lowest BCUT2D eigenvalue weighted by Gasteiger charge is -2.22. The SMILES string of the molecule is CN(C)C(=O)CN=C(NCC1(c2cccc(F)c2)CC1)NC1CCCC1.I. The molecule has 0 spiro atoms. The first-order chi connectivity index (χ1) is 12.5. The van der Waals surface area contributed by atoms with E-state index in [1.807, 2.05) is 6.07 Å². The number of hydrogen-bond acceptors (Lipinski definition) is 2. The fourth-order valence-electron chi connectivity index (χ4n) is 3.49. The molecular formula is C20H30FIN4O. The summed E-state index contributed by atoms with van der Waals surface area (Å²) in [6, 6.07) is 7.29. The van der Waals surface area contributed by atoms with Crippen molar-refractivity contribution < 1.29 is 9.18 Å². The summed E-state index contributed by atoms with van der Waals surface area (Å²) in [5.74, 6) is 0.474. The fraction of sp³-hybridized carbons (Fsp3) is 0.600. The molecule has 7 heteroatoms. The summed E-state index contributed by atoms with van der Waals surface area (Å²) < 4.78 is 13.6. The molecule has 1 amide bonds.